The Bertz CT molecular complexity index is 1580. The molecule has 10 heteroatoms. The van der Waals surface area contributed by atoms with Crippen LogP contribution in [0.5, 0.6) is 0 Å². The third kappa shape index (κ3) is 14.0. The summed E-state index contributed by atoms with van der Waals surface area (Å²) in [4.78, 5) is 26.4. The number of esters is 2. The number of carbonyl (C=O) groups excluding carboxylic acids is 2. The molecule has 0 aliphatic heterocycles. The number of ether oxygens (including phenoxy) is 2. The predicted molar refractivity (Wildman–Crippen MR) is 188 cm³/mol. The number of carbonyl (C=O) groups is 2. The highest BCUT2D eigenvalue weighted by Crippen LogP contribution is 2.38. The minimum atomic E-state index is -0.456. The topological polar surface area (TPSA) is 132 Å². The van der Waals surface area contributed by atoms with Gasteiger partial charge in [0.25, 0.3) is 0 Å². The maximum Gasteiger partial charge on any atom is 0.306 e. The third-order valence-corrected chi connectivity index (χ3v) is 7.45. The van der Waals surface area contributed by atoms with E-state index in [2.05, 4.69) is 26.3 Å². The first kappa shape index (κ1) is 37.8. The number of azide groups is 1. The molecule has 3 aromatic rings. The van der Waals surface area contributed by atoms with E-state index in [1.807, 2.05) is 103 Å². The molecule has 0 amide bonds. The van der Waals surface area contributed by atoms with Gasteiger partial charge in [-0.25, -0.2) is 4.68 Å². The Kier molecular flexibility index (Phi) is 13.4. The fourth-order valence-electron chi connectivity index (χ4n) is 4.60. The molecule has 2 aliphatic rings. The Labute approximate surface area is 285 Å². The lowest BCUT2D eigenvalue weighted by Gasteiger charge is -2.21. The predicted octanol–water partition coefficient (Wildman–Crippen LogP) is 9.47. The van der Waals surface area contributed by atoms with Crippen molar-refractivity contribution >= 4 is 17.6 Å². The zero-order valence-electron chi connectivity index (χ0n) is 29.6. The van der Waals surface area contributed by atoms with Crippen LogP contribution in [0.15, 0.2) is 59.8 Å². The van der Waals surface area contributed by atoms with Gasteiger partial charge in [-0.05, 0) is 108 Å². The molecule has 0 saturated heterocycles. The molecule has 2 unspecified atom stereocenters. The molecule has 0 radical (unpaired) electrons. The van der Waals surface area contributed by atoms with Crippen LogP contribution in [-0.2, 0) is 19.1 Å². The lowest BCUT2D eigenvalue weighted by atomic mass is 9.97. The van der Waals surface area contributed by atoms with E-state index >= 15 is 0 Å². The molecule has 1 aromatic heterocycles. The molecule has 0 bridgehead atoms. The van der Waals surface area contributed by atoms with Crippen molar-refractivity contribution < 1.29 is 19.1 Å². The van der Waals surface area contributed by atoms with Crippen molar-refractivity contribution in [3.63, 3.8) is 0 Å². The van der Waals surface area contributed by atoms with E-state index < -0.39 is 11.2 Å². The lowest BCUT2D eigenvalue weighted by molar-refractivity contribution is -0.156. The van der Waals surface area contributed by atoms with Crippen molar-refractivity contribution in [2.75, 3.05) is 0 Å². The van der Waals surface area contributed by atoms with Crippen molar-refractivity contribution in [2.24, 2.45) is 11.0 Å². The van der Waals surface area contributed by atoms with E-state index in [4.69, 9.17) is 21.4 Å². The molecule has 0 N–H and O–H groups in total. The van der Waals surface area contributed by atoms with E-state index in [0.29, 0.717) is 30.4 Å². The zero-order valence-corrected chi connectivity index (χ0v) is 29.6. The standard InChI is InChI=1S/C19H25N3O2.C14H19N3O2.C5H6/c1-13(11-18(23)24-19(2,3)4)14-7-9-16(10-8-14)22-12-17(20-21-22)15-5-6-15;1-10(9-13(18)19-14(2,3)4)11-5-7-12(8-6-11)16-17-15;1-2-5-3-4-5/h7-10,12-13,15H,5-6,11H2,1-4H3;5-8,10H,9H2,1-4H3;1,5H,3-4H2. The highest BCUT2D eigenvalue weighted by Gasteiger charge is 2.27. The van der Waals surface area contributed by atoms with Crippen LogP contribution in [0.3, 0.4) is 0 Å². The summed E-state index contributed by atoms with van der Waals surface area (Å²) in [5, 5.41) is 11.9. The Hall–Kier alpha value is -4.61. The smallest absolute Gasteiger partial charge is 0.306 e. The number of aromatic nitrogens is 3. The van der Waals surface area contributed by atoms with Crippen LogP contribution in [0.4, 0.5) is 5.69 Å². The first-order valence-electron chi connectivity index (χ1n) is 16.6. The fourth-order valence-corrected chi connectivity index (χ4v) is 4.60. The van der Waals surface area contributed by atoms with Crippen LogP contribution in [0, 0.1) is 18.3 Å². The third-order valence-electron chi connectivity index (χ3n) is 7.45. The van der Waals surface area contributed by atoms with E-state index in [1.165, 1.54) is 25.7 Å². The molecule has 5 rings (SSSR count). The van der Waals surface area contributed by atoms with Crippen LogP contribution < -0.4 is 0 Å². The molecule has 2 aliphatic carbocycles. The Morgan fingerprint density at radius 2 is 1.38 bits per heavy atom. The quantitative estimate of drug-likeness (QED) is 0.0742. The van der Waals surface area contributed by atoms with Crippen LogP contribution in [0.1, 0.15) is 128 Å². The van der Waals surface area contributed by atoms with Crippen LogP contribution in [-0.4, -0.2) is 38.1 Å². The van der Waals surface area contributed by atoms with E-state index in [0.717, 1.165) is 22.5 Å². The average Bonchev–Trinajstić information content (AvgIpc) is 3.95. The van der Waals surface area contributed by atoms with Crippen molar-refractivity contribution in [1.82, 2.24) is 15.0 Å². The van der Waals surface area contributed by atoms with Gasteiger partial charge in [-0.15, -0.1) is 17.4 Å². The van der Waals surface area contributed by atoms with E-state index in [-0.39, 0.29) is 23.8 Å². The van der Waals surface area contributed by atoms with Crippen LogP contribution in [0.25, 0.3) is 16.1 Å². The van der Waals surface area contributed by atoms with E-state index in [1.54, 1.807) is 12.1 Å². The fraction of sp³-hybridized carbons (Fsp3) is 0.526. The van der Waals surface area contributed by atoms with Crippen molar-refractivity contribution in [1.29, 1.82) is 0 Å². The van der Waals surface area contributed by atoms with Gasteiger partial charge in [0.15, 0.2) is 0 Å². The molecule has 1 heterocycles. The van der Waals surface area contributed by atoms with Gasteiger partial charge in [-0.1, -0.05) is 60.6 Å². The first-order chi connectivity index (χ1) is 22.6. The summed E-state index contributed by atoms with van der Waals surface area (Å²) in [7, 11) is 0. The van der Waals surface area contributed by atoms with Crippen LogP contribution >= 0.6 is 0 Å². The molecular weight excluding hydrogens is 604 g/mol. The molecule has 0 spiro atoms. The van der Waals surface area contributed by atoms with Gasteiger partial charge in [0.1, 0.15) is 11.2 Å². The largest absolute Gasteiger partial charge is 0.460 e. The number of terminal acetylenes is 1. The number of hydrogen-bond donors (Lipinski definition) is 0. The van der Waals surface area contributed by atoms with Crippen molar-refractivity contribution in [3.8, 4) is 18.0 Å². The summed E-state index contributed by atoms with van der Waals surface area (Å²) >= 11 is 0. The Morgan fingerprint density at radius 1 is 0.896 bits per heavy atom. The molecule has 48 heavy (non-hydrogen) atoms. The summed E-state index contributed by atoms with van der Waals surface area (Å²) in [5.74, 6) is 3.71. The Balaban J connectivity index is 0.000000232. The minimum absolute atomic E-state index is 0.0648. The Morgan fingerprint density at radius 3 is 1.75 bits per heavy atom. The maximum absolute atomic E-state index is 12.0. The zero-order chi connectivity index (χ0) is 35.5. The van der Waals surface area contributed by atoms with Gasteiger partial charge in [-0.2, -0.15) is 0 Å². The van der Waals surface area contributed by atoms with E-state index in [9.17, 15) is 9.59 Å². The van der Waals surface area contributed by atoms with Crippen molar-refractivity contribution in [2.45, 2.75) is 123 Å². The number of nitrogens with zero attached hydrogens (tertiary/aromatic N) is 6. The summed E-state index contributed by atoms with van der Waals surface area (Å²) in [6.07, 6.45) is 12.7. The molecular formula is C38H50N6O4. The summed E-state index contributed by atoms with van der Waals surface area (Å²) in [6, 6.07) is 15.3. The average molecular weight is 655 g/mol. The van der Waals surface area contributed by atoms with Gasteiger partial charge in [0, 0.05) is 22.4 Å². The molecule has 2 saturated carbocycles. The molecule has 2 atom stereocenters. The molecule has 2 fully saturated rings. The SMILES string of the molecule is C#CC1CC1.CC(CC(=O)OC(C)(C)C)c1ccc(-n2cc(C3CC3)nn2)cc1.CC(CC(=O)OC(C)(C)C)c1ccc(N=[N+]=[N-])cc1. The first-order valence-corrected chi connectivity index (χ1v) is 16.6. The van der Waals surface area contributed by atoms with Gasteiger partial charge in [-0.3, -0.25) is 9.59 Å². The van der Waals surface area contributed by atoms with Gasteiger partial charge in [0.2, 0.25) is 0 Å². The number of rotatable bonds is 9. The lowest BCUT2D eigenvalue weighted by Crippen LogP contribution is -2.24. The maximum atomic E-state index is 12.0. The van der Waals surface area contributed by atoms with Gasteiger partial charge in [0.05, 0.1) is 30.4 Å². The van der Waals surface area contributed by atoms with Gasteiger partial charge >= 0.3 is 11.9 Å². The second kappa shape index (κ2) is 17.0. The summed E-state index contributed by atoms with van der Waals surface area (Å²) in [6.45, 7) is 15.2. The summed E-state index contributed by atoms with van der Waals surface area (Å²) in [5.41, 5.74) is 12.2. The second-order valence-electron chi connectivity index (χ2n) is 14.6. The van der Waals surface area contributed by atoms with Crippen LogP contribution in [0.2, 0.25) is 0 Å². The van der Waals surface area contributed by atoms with Gasteiger partial charge < -0.3 is 9.47 Å². The molecule has 256 valence electrons. The number of hydrogen-bond acceptors (Lipinski definition) is 7. The minimum Gasteiger partial charge on any atom is -0.460 e. The highest BCUT2D eigenvalue weighted by atomic mass is 16.6. The number of benzene rings is 2. The van der Waals surface area contributed by atoms with Crippen molar-refractivity contribution in [3.05, 3.63) is 82.0 Å². The second-order valence-corrected chi connectivity index (χ2v) is 14.6. The summed E-state index contributed by atoms with van der Waals surface area (Å²) < 4.78 is 12.5. The molecule has 2 aromatic carbocycles. The molecule has 10 nitrogen and oxygen atoms in total. The normalized spacial score (nSPS) is 15.1. The monoisotopic (exact) mass is 654 g/mol. The highest BCUT2D eigenvalue weighted by molar-refractivity contribution is 5.71.